The highest BCUT2D eigenvalue weighted by atomic mass is 32.1. The van der Waals surface area contributed by atoms with Gasteiger partial charge in [0.1, 0.15) is 0 Å². The van der Waals surface area contributed by atoms with E-state index in [9.17, 15) is 13.2 Å². The highest BCUT2D eigenvalue weighted by Gasteiger charge is 2.33. The van der Waals surface area contributed by atoms with E-state index in [0.717, 1.165) is 16.0 Å². The van der Waals surface area contributed by atoms with Crippen LogP contribution in [0.15, 0.2) is 24.4 Å². The summed E-state index contributed by atoms with van der Waals surface area (Å²) >= 11 is 1.56. The molecular formula is C14H12F3N3S. The van der Waals surface area contributed by atoms with Crippen molar-refractivity contribution in [1.29, 1.82) is 5.26 Å². The van der Waals surface area contributed by atoms with Crippen LogP contribution < -0.4 is 5.32 Å². The van der Waals surface area contributed by atoms with E-state index in [0.29, 0.717) is 18.7 Å². The van der Waals surface area contributed by atoms with Gasteiger partial charge in [-0.2, -0.15) is 18.4 Å². The monoisotopic (exact) mass is 311 g/mol. The van der Waals surface area contributed by atoms with Crippen molar-refractivity contribution < 1.29 is 13.2 Å². The molecule has 1 heterocycles. The first-order valence-electron chi connectivity index (χ1n) is 6.16. The van der Waals surface area contributed by atoms with Crippen LogP contribution in [-0.4, -0.2) is 11.5 Å². The Hall–Kier alpha value is -2.07. The molecular weight excluding hydrogens is 299 g/mol. The molecule has 0 amide bonds. The van der Waals surface area contributed by atoms with Crippen LogP contribution in [0.1, 0.15) is 21.0 Å². The molecule has 0 radical (unpaired) electrons. The molecule has 0 bridgehead atoms. The van der Waals surface area contributed by atoms with E-state index >= 15 is 0 Å². The zero-order chi connectivity index (χ0) is 15.5. The van der Waals surface area contributed by atoms with Crippen molar-refractivity contribution in [1.82, 2.24) is 4.98 Å². The van der Waals surface area contributed by atoms with Crippen LogP contribution in [-0.2, 0) is 12.6 Å². The third-order valence-electron chi connectivity index (χ3n) is 2.78. The number of alkyl halides is 3. The number of halogens is 3. The maximum Gasteiger partial charge on any atom is 0.417 e. The molecule has 2 aromatic rings. The van der Waals surface area contributed by atoms with Gasteiger partial charge in [-0.05, 0) is 25.1 Å². The van der Waals surface area contributed by atoms with Gasteiger partial charge in [-0.25, -0.2) is 4.98 Å². The molecule has 3 nitrogen and oxygen atoms in total. The fourth-order valence-electron chi connectivity index (χ4n) is 1.82. The van der Waals surface area contributed by atoms with Gasteiger partial charge < -0.3 is 5.32 Å². The molecule has 0 spiro atoms. The van der Waals surface area contributed by atoms with Crippen molar-refractivity contribution in [3.8, 4) is 6.07 Å². The van der Waals surface area contributed by atoms with E-state index in [1.165, 1.54) is 12.1 Å². The molecule has 7 heteroatoms. The molecule has 1 aromatic heterocycles. The first kappa shape index (κ1) is 15.3. The minimum absolute atomic E-state index is 0.342. The predicted octanol–water partition coefficient (Wildman–Crippen LogP) is 4.00. The Labute approximate surface area is 124 Å². The van der Waals surface area contributed by atoms with Gasteiger partial charge in [-0.3, -0.25) is 0 Å². The van der Waals surface area contributed by atoms with Gasteiger partial charge in [0.15, 0.2) is 0 Å². The van der Waals surface area contributed by atoms with E-state index in [1.807, 2.05) is 6.92 Å². The molecule has 0 fully saturated rings. The van der Waals surface area contributed by atoms with E-state index in [2.05, 4.69) is 10.3 Å². The van der Waals surface area contributed by atoms with Gasteiger partial charge in [0.2, 0.25) is 0 Å². The lowest BCUT2D eigenvalue weighted by atomic mass is 10.1. The number of hydrogen-bond donors (Lipinski definition) is 1. The summed E-state index contributed by atoms with van der Waals surface area (Å²) in [5.74, 6) is 0. The molecule has 0 aliphatic rings. The SMILES string of the molecule is Cc1cnc(CCNc2ccc(C#N)c(C(F)(F)F)c2)s1. The third kappa shape index (κ3) is 3.95. The van der Waals surface area contributed by atoms with Crippen LogP contribution in [0.4, 0.5) is 18.9 Å². The van der Waals surface area contributed by atoms with Crippen LogP contribution in [0.3, 0.4) is 0 Å². The fourth-order valence-corrected chi connectivity index (χ4v) is 2.60. The van der Waals surface area contributed by atoms with Gasteiger partial charge in [0.05, 0.1) is 22.2 Å². The molecule has 110 valence electrons. The number of aryl methyl sites for hydroxylation is 1. The number of benzene rings is 1. The fraction of sp³-hybridized carbons (Fsp3) is 0.286. The average molecular weight is 311 g/mol. The number of nitriles is 1. The van der Waals surface area contributed by atoms with Crippen molar-refractivity contribution in [2.75, 3.05) is 11.9 Å². The maximum absolute atomic E-state index is 12.8. The summed E-state index contributed by atoms with van der Waals surface area (Å²) in [6.07, 6.45) is -2.13. The average Bonchev–Trinajstić information content (AvgIpc) is 2.83. The van der Waals surface area contributed by atoms with Gasteiger partial charge >= 0.3 is 6.18 Å². The van der Waals surface area contributed by atoms with E-state index < -0.39 is 11.7 Å². The van der Waals surface area contributed by atoms with Crippen LogP contribution in [0.2, 0.25) is 0 Å². The van der Waals surface area contributed by atoms with Gasteiger partial charge in [-0.1, -0.05) is 0 Å². The number of nitrogens with zero attached hydrogens (tertiary/aromatic N) is 2. The highest BCUT2D eigenvalue weighted by molar-refractivity contribution is 7.11. The van der Waals surface area contributed by atoms with Crippen molar-refractivity contribution in [2.24, 2.45) is 0 Å². The molecule has 0 aliphatic carbocycles. The first-order chi connectivity index (χ1) is 9.90. The second-order valence-electron chi connectivity index (χ2n) is 4.41. The first-order valence-corrected chi connectivity index (χ1v) is 6.98. The summed E-state index contributed by atoms with van der Waals surface area (Å²) in [6.45, 7) is 2.43. The summed E-state index contributed by atoms with van der Waals surface area (Å²) < 4.78 is 38.5. The minimum atomic E-state index is -4.53. The van der Waals surface area contributed by atoms with Crippen molar-refractivity contribution in [3.05, 3.63) is 45.4 Å². The number of thiazole rings is 1. The van der Waals surface area contributed by atoms with Crippen LogP contribution in [0.25, 0.3) is 0 Å². The molecule has 1 N–H and O–H groups in total. The Kier molecular flexibility index (Phi) is 4.48. The van der Waals surface area contributed by atoms with Crippen LogP contribution >= 0.6 is 11.3 Å². The topological polar surface area (TPSA) is 48.7 Å². The lowest BCUT2D eigenvalue weighted by Gasteiger charge is -2.12. The minimum Gasteiger partial charge on any atom is -0.385 e. The van der Waals surface area contributed by atoms with E-state index in [-0.39, 0.29) is 5.56 Å². The lowest BCUT2D eigenvalue weighted by molar-refractivity contribution is -0.137. The van der Waals surface area contributed by atoms with Gasteiger partial charge in [-0.15, -0.1) is 11.3 Å². The van der Waals surface area contributed by atoms with Crippen molar-refractivity contribution >= 4 is 17.0 Å². The number of nitrogens with one attached hydrogen (secondary N) is 1. The molecule has 0 atom stereocenters. The summed E-state index contributed by atoms with van der Waals surface area (Å²) in [6, 6.07) is 5.17. The van der Waals surface area contributed by atoms with Gasteiger partial charge in [0.25, 0.3) is 0 Å². The van der Waals surface area contributed by atoms with Gasteiger partial charge in [0, 0.05) is 29.7 Å². The Balaban J connectivity index is 2.06. The van der Waals surface area contributed by atoms with E-state index in [1.54, 1.807) is 23.6 Å². The Bertz CT molecular complexity index is 671. The quantitative estimate of drug-likeness (QED) is 0.928. The second-order valence-corrected chi connectivity index (χ2v) is 5.73. The van der Waals surface area contributed by atoms with Crippen molar-refractivity contribution in [3.63, 3.8) is 0 Å². The smallest absolute Gasteiger partial charge is 0.385 e. The molecule has 0 saturated heterocycles. The molecule has 0 unspecified atom stereocenters. The number of hydrogen-bond acceptors (Lipinski definition) is 4. The summed E-state index contributed by atoms with van der Waals surface area (Å²) in [5, 5.41) is 12.6. The zero-order valence-corrected chi connectivity index (χ0v) is 12.0. The molecule has 1 aromatic carbocycles. The highest BCUT2D eigenvalue weighted by Crippen LogP contribution is 2.33. The number of aromatic nitrogens is 1. The standard InChI is InChI=1S/C14H12F3N3S/c1-9-8-20-13(21-9)4-5-19-11-3-2-10(7-18)12(6-11)14(15,16)17/h2-3,6,8,19H,4-5H2,1H3. The third-order valence-corrected chi connectivity index (χ3v) is 3.76. The number of anilines is 1. The lowest BCUT2D eigenvalue weighted by Crippen LogP contribution is -2.10. The maximum atomic E-state index is 12.8. The molecule has 0 aliphatic heterocycles. The van der Waals surface area contributed by atoms with Crippen LogP contribution in [0, 0.1) is 18.3 Å². The number of rotatable bonds is 4. The van der Waals surface area contributed by atoms with Crippen LogP contribution in [0.5, 0.6) is 0 Å². The predicted molar refractivity (Wildman–Crippen MR) is 75.2 cm³/mol. The Morgan fingerprint density at radius 1 is 1.38 bits per heavy atom. The van der Waals surface area contributed by atoms with E-state index in [4.69, 9.17) is 5.26 Å². The molecule has 0 saturated carbocycles. The zero-order valence-electron chi connectivity index (χ0n) is 11.2. The normalized spacial score (nSPS) is 11.2. The summed E-state index contributed by atoms with van der Waals surface area (Å²) in [7, 11) is 0. The second kappa shape index (κ2) is 6.14. The molecule has 21 heavy (non-hydrogen) atoms. The largest absolute Gasteiger partial charge is 0.417 e. The molecule has 2 rings (SSSR count). The summed E-state index contributed by atoms with van der Waals surface area (Å²) in [4.78, 5) is 5.29. The Morgan fingerprint density at radius 2 is 2.14 bits per heavy atom. The van der Waals surface area contributed by atoms with Crippen molar-refractivity contribution in [2.45, 2.75) is 19.5 Å². The summed E-state index contributed by atoms with van der Waals surface area (Å²) in [5.41, 5.74) is -0.946. The Morgan fingerprint density at radius 3 is 2.71 bits per heavy atom.